The maximum atomic E-state index is 13.2. The zero-order valence-corrected chi connectivity index (χ0v) is 16.1. The molecule has 1 saturated carbocycles. The summed E-state index contributed by atoms with van der Waals surface area (Å²) >= 11 is 0. The van der Waals surface area contributed by atoms with Gasteiger partial charge in [-0.15, -0.1) is 0 Å². The van der Waals surface area contributed by atoms with Gasteiger partial charge in [-0.2, -0.15) is 5.10 Å². The third-order valence-corrected chi connectivity index (χ3v) is 6.43. The van der Waals surface area contributed by atoms with Gasteiger partial charge in [-0.1, -0.05) is 0 Å². The molecular weight excluding hydrogens is 364 g/mol. The molecule has 2 unspecified atom stereocenters. The van der Waals surface area contributed by atoms with Crippen LogP contribution >= 0.6 is 0 Å². The minimum Gasteiger partial charge on any atom is -0.383 e. The normalized spacial score (nSPS) is 27.4. The number of aromatic nitrogens is 3. The topological polar surface area (TPSA) is 69.2 Å². The van der Waals surface area contributed by atoms with Crippen LogP contribution in [0.3, 0.4) is 0 Å². The minimum absolute atomic E-state index is 0.126. The number of hydrogen-bond donors (Lipinski definition) is 1. The van der Waals surface area contributed by atoms with E-state index >= 15 is 0 Å². The Balaban J connectivity index is 1.42. The number of halogens is 2. The molecule has 150 valence electrons. The summed E-state index contributed by atoms with van der Waals surface area (Å²) in [6.45, 7) is 8.13. The molecule has 2 aliphatic heterocycles. The van der Waals surface area contributed by atoms with Gasteiger partial charge in [-0.25, -0.2) is 13.8 Å². The largest absolute Gasteiger partial charge is 0.383 e. The number of likely N-dealkylation sites (tertiary alicyclic amines) is 1. The van der Waals surface area contributed by atoms with E-state index < -0.39 is 6.43 Å². The first-order valence-electron chi connectivity index (χ1n) is 9.89. The van der Waals surface area contributed by atoms with E-state index in [0.717, 1.165) is 26.3 Å². The Morgan fingerprint density at radius 1 is 1.18 bits per heavy atom. The number of fused-ring (bicyclic) bond motifs is 1. The van der Waals surface area contributed by atoms with E-state index in [2.05, 4.69) is 29.8 Å². The molecule has 2 atom stereocenters. The molecule has 0 bridgehead atoms. The maximum absolute atomic E-state index is 13.2. The SMILES string of the molecule is CC(C)n1nc(-c2cnc(N)c(C(F)F)c2)cc1C1C2CN(C3COC3)CC21. The van der Waals surface area contributed by atoms with Crippen LogP contribution < -0.4 is 5.73 Å². The van der Waals surface area contributed by atoms with Gasteiger partial charge in [0, 0.05) is 42.5 Å². The molecule has 3 aliphatic rings. The van der Waals surface area contributed by atoms with Crippen molar-refractivity contribution in [1.29, 1.82) is 0 Å². The first-order valence-corrected chi connectivity index (χ1v) is 9.89. The van der Waals surface area contributed by atoms with Crippen molar-refractivity contribution in [3.05, 3.63) is 29.6 Å². The van der Waals surface area contributed by atoms with Crippen LogP contribution in [0.15, 0.2) is 18.3 Å². The summed E-state index contributed by atoms with van der Waals surface area (Å²) in [5, 5.41) is 4.74. The van der Waals surface area contributed by atoms with Crippen molar-refractivity contribution in [1.82, 2.24) is 19.7 Å². The van der Waals surface area contributed by atoms with Gasteiger partial charge in [0.25, 0.3) is 6.43 Å². The van der Waals surface area contributed by atoms with Crippen LogP contribution in [-0.2, 0) is 4.74 Å². The van der Waals surface area contributed by atoms with Crippen molar-refractivity contribution in [2.75, 3.05) is 32.0 Å². The van der Waals surface area contributed by atoms with Gasteiger partial charge in [0.2, 0.25) is 0 Å². The fourth-order valence-corrected chi connectivity index (χ4v) is 4.75. The number of nitrogens with two attached hydrogens (primary N) is 1. The first kappa shape index (κ1) is 18.0. The highest BCUT2D eigenvalue weighted by Gasteiger charge is 2.58. The van der Waals surface area contributed by atoms with Crippen molar-refractivity contribution in [3.8, 4) is 11.3 Å². The molecule has 6 nitrogen and oxygen atoms in total. The molecule has 4 heterocycles. The van der Waals surface area contributed by atoms with E-state index in [-0.39, 0.29) is 17.4 Å². The van der Waals surface area contributed by atoms with Crippen LogP contribution in [0.2, 0.25) is 0 Å². The first-order chi connectivity index (χ1) is 13.4. The van der Waals surface area contributed by atoms with Crippen molar-refractivity contribution >= 4 is 5.82 Å². The Hall–Kier alpha value is -2.06. The lowest BCUT2D eigenvalue weighted by atomic mass is 10.1. The Bertz CT molecular complexity index is 883. The minimum atomic E-state index is -2.65. The molecule has 28 heavy (non-hydrogen) atoms. The summed E-state index contributed by atoms with van der Waals surface area (Å²) in [7, 11) is 0. The van der Waals surface area contributed by atoms with Gasteiger partial charge in [-0.3, -0.25) is 9.58 Å². The van der Waals surface area contributed by atoms with Crippen LogP contribution in [0.25, 0.3) is 11.3 Å². The van der Waals surface area contributed by atoms with E-state index in [4.69, 9.17) is 15.6 Å². The highest BCUT2D eigenvalue weighted by atomic mass is 19.3. The molecule has 0 amide bonds. The van der Waals surface area contributed by atoms with Crippen molar-refractivity contribution in [2.24, 2.45) is 11.8 Å². The van der Waals surface area contributed by atoms with E-state index in [1.54, 1.807) is 0 Å². The quantitative estimate of drug-likeness (QED) is 0.851. The maximum Gasteiger partial charge on any atom is 0.267 e. The molecule has 0 radical (unpaired) electrons. The number of nitrogens with zero attached hydrogens (tertiary/aromatic N) is 4. The summed E-state index contributed by atoms with van der Waals surface area (Å²) in [5.41, 5.74) is 7.84. The van der Waals surface area contributed by atoms with Gasteiger partial charge < -0.3 is 10.5 Å². The van der Waals surface area contributed by atoms with Crippen LogP contribution in [0.4, 0.5) is 14.6 Å². The number of piperidine rings is 1. The summed E-state index contributed by atoms with van der Waals surface area (Å²) in [5.74, 6) is 1.68. The predicted molar refractivity (Wildman–Crippen MR) is 101 cm³/mol. The molecule has 1 aliphatic carbocycles. The van der Waals surface area contributed by atoms with E-state index in [1.165, 1.54) is 18.0 Å². The average Bonchev–Trinajstić information content (AvgIpc) is 2.97. The molecule has 2 N–H and O–H groups in total. The monoisotopic (exact) mass is 389 g/mol. The second-order valence-corrected chi connectivity index (χ2v) is 8.49. The average molecular weight is 389 g/mol. The van der Waals surface area contributed by atoms with Crippen molar-refractivity contribution in [3.63, 3.8) is 0 Å². The lowest BCUT2D eigenvalue weighted by Crippen LogP contribution is -2.48. The Kier molecular flexibility index (Phi) is 4.17. The third-order valence-electron chi connectivity index (χ3n) is 6.43. The van der Waals surface area contributed by atoms with Crippen LogP contribution in [0.1, 0.15) is 43.5 Å². The van der Waals surface area contributed by atoms with E-state index in [0.29, 0.717) is 35.1 Å². The summed E-state index contributed by atoms with van der Waals surface area (Å²) in [6.07, 6.45) is -1.12. The molecule has 2 saturated heterocycles. The second-order valence-electron chi connectivity index (χ2n) is 8.49. The van der Waals surface area contributed by atoms with Gasteiger partial charge >= 0.3 is 0 Å². The molecule has 2 aromatic rings. The van der Waals surface area contributed by atoms with Gasteiger partial charge in [-0.05, 0) is 37.8 Å². The van der Waals surface area contributed by atoms with E-state index in [1.807, 2.05) is 4.68 Å². The number of pyridine rings is 1. The summed E-state index contributed by atoms with van der Waals surface area (Å²) in [6, 6.07) is 4.27. The zero-order chi connectivity index (χ0) is 19.6. The van der Waals surface area contributed by atoms with Crippen LogP contribution in [-0.4, -0.2) is 52.0 Å². The lowest BCUT2D eigenvalue weighted by Gasteiger charge is -2.35. The second kappa shape index (κ2) is 6.49. The lowest BCUT2D eigenvalue weighted by molar-refractivity contribution is -0.0610. The highest BCUT2D eigenvalue weighted by Crippen LogP contribution is 2.59. The fraction of sp³-hybridized carbons (Fsp3) is 0.600. The van der Waals surface area contributed by atoms with Gasteiger partial charge in [0.15, 0.2) is 0 Å². The molecular formula is C20H25F2N5O. The number of nitrogen functional groups attached to an aromatic ring is 1. The fourth-order valence-electron chi connectivity index (χ4n) is 4.75. The molecule has 0 aromatic carbocycles. The molecule has 2 aromatic heterocycles. The molecule has 5 rings (SSSR count). The van der Waals surface area contributed by atoms with Crippen LogP contribution in [0, 0.1) is 11.8 Å². The van der Waals surface area contributed by atoms with Crippen molar-refractivity contribution < 1.29 is 13.5 Å². The standard InChI is InChI=1S/C20H25F2N5O/c1-10(2)27-17(18-14-6-26(7-15(14)18)12-8-28-9-12)4-16(25-27)11-3-13(19(21)22)20(23)24-5-11/h3-5,10,12,14-15,18-19H,6-9H2,1-2H3,(H2,23,24). The number of anilines is 1. The number of ether oxygens (including phenoxy) is 1. The highest BCUT2D eigenvalue weighted by molar-refractivity contribution is 5.62. The molecule has 3 fully saturated rings. The number of alkyl halides is 2. The number of hydrogen-bond acceptors (Lipinski definition) is 5. The molecule has 0 spiro atoms. The summed E-state index contributed by atoms with van der Waals surface area (Å²) < 4.78 is 33.8. The summed E-state index contributed by atoms with van der Waals surface area (Å²) in [4.78, 5) is 6.50. The zero-order valence-electron chi connectivity index (χ0n) is 16.1. The Morgan fingerprint density at radius 3 is 2.46 bits per heavy atom. The van der Waals surface area contributed by atoms with Gasteiger partial charge in [0.1, 0.15) is 5.82 Å². The number of rotatable bonds is 5. The molecule has 8 heteroatoms. The van der Waals surface area contributed by atoms with E-state index in [9.17, 15) is 8.78 Å². The Morgan fingerprint density at radius 2 is 1.89 bits per heavy atom. The smallest absolute Gasteiger partial charge is 0.267 e. The van der Waals surface area contributed by atoms with Crippen LogP contribution in [0.5, 0.6) is 0 Å². The predicted octanol–water partition coefficient (Wildman–Crippen LogP) is 3.09. The van der Waals surface area contributed by atoms with Crippen molar-refractivity contribution in [2.45, 2.75) is 38.3 Å². The van der Waals surface area contributed by atoms with Gasteiger partial charge in [0.05, 0.1) is 30.5 Å². The third kappa shape index (κ3) is 2.81. The Labute approximate surface area is 162 Å².